The van der Waals surface area contributed by atoms with Gasteiger partial charge in [-0.05, 0) is 54.0 Å². The number of pyridine rings is 1. The Morgan fingerprint density at radius 2 is 1.76 bits per heavy atom. The fourth-order valence-electron chi connectivity index (χ4n) is 4.57. The minimum absolute atomic E-state index is 0.155. The molecule has 2 bridgehead atoms. The van der Waals surface area contributed by atoms with E-state index in [0.29, 0.717) is 5.39 Å². The van der Waals surface area contributed by atoms with Gasteiger partial charge in [-0.2, -0.15) is 4.98 Å². The highest BCUT2D eigenvalue weighted by Crippen LogP contribution is 2.51. The summed E-state index contributed by atoms with van der Waals surface area (Å²) in [4.78, 5) is 17.2. The fourth-order valence-corrected chi connectivity index (χ4v) is 4.57. The van der Waals surface area contributed by atoms with Crippen LogP contribution in [0.3, 0.4) is 0 Å². The zero-order chi connectivity index (χ0) is 16.7. The first-order valence-corrected chi connectivity index (χ1v) is 8.74. The minimum atomic E-state index is -0.158. The van der Waals surface area contributed by atoms with Gasteiger partial charge >= 0.3 is 0 Å². The molecule has 2 aromatic carbocycles. The van der Waals surface area contributed by atoms with Crippen LogP contribution in [-0.4, -0.2) is 9.38 Å². The Morgan fingerprint density at radius 1 is 1.04 bits per heavy atom. The van der Waals surface area contributed by atoms with Crippen molar-refractivity contribution in [2.75, 3.05) is 0 Å². The van der Waals surface area contributed by atoms with Crippen LogP contribution in [0.1, 0.15) is 41.7 Å². The van der Waals surface area contributed by atoms with Gasteiger partial charge in [0, 0.05) is 11.6 Å². The van der Waals surface area contributed by atoms with Crippen molar-refractivity contribution < 1.29 is 4.74 Å². The molecule has 25 heavy (non-hydrogen) atoms. The van der Waals surface area contributed by atoms with E-state index in [4.69, 9.17) is 4.74 Å². The molecule has 0 radical (unpaired) electrons. The van der Waals surface area contributed by atoms with E-state index in [0.717, 1.165) is 34.8 Å². The molecule has 0 spiro atoms. The van der Waals surface area contributed by atoms with Crippen LogP contribution in [0.25, 0.3) is 27.3 Å². The maximum absolute atomic E-state index is 12.8. The van der Waals surface area contributed by atoms with Crippen LogP contribution >= 0.6 is 0 Å². The number of fused-ring (bicyclic) bond motifs is 10. The van der Waals surface area contributed by atoms with Crippen molar-refractivity contribution in [3.05, 3.63) is 69.6 Å². The number of hydrogen-bond acceptors (Lipinski definition) is 3. The molecule has 2 atom stereocenters. The number of aromatic nitrogens is 2. The number of ether oxygens (including phenoxy) is 1. The molecule has 4 heteroatoms. The summed E-state index contributed by atoms with van der Waals surface area (Å²) in [6.45, 7) is 2.10. The van der Waals surface area contributed by atoms with E-state index < -0.39 is 0 Å². The summed E-state index contributed by atoms with van der Waals surface area (Å²) in [7, 11) is 0. The second-order valence-corrected chi connectivity index (χ2v) is 7.16. The van der Waals surface area contributed by atoms with Gasteiger partial charge < -0.3 is 9.14 Å². The number of aryl methyl sites for hydroxylation is 1. The largest absolute Gasteiger partial charge is 0.366 e. The van der Waals surface area contributed by atoms with Crippen molar-refractivity contribution in [3.8, 4) is 0 Å². The van der Waals surface area contributed by atoms with Crippen molar-refractivity contribution in [2.24, 2.45) is 0 Å². The smallest absolute Gasteiger partial charge is 0.281 e. The summed E-state index contributed by atoms with van der Waals surface area (Å²) >= 11 is 0. The van der Waals surface area contributed by atoms with Crippen LogP contribution in [-0.2, 0) is 4.74 Å². The normalized spacial score (nSPS) is 21.5. The third-order valence-corrected chi connectivity index (χ3v) is 5.76. The molecule has 2 aliphatic rings. The topological polar surface area (TPSA) is 43.6 Å². The van der Waals surface area contributed by atoms with Gasteiger partial charge in [0.05, 0.1) is 23.1 Å². The van der Waals surface area contributed by atoms with E-state index in [-0.39, 0.29) is 17.8 Å². The molecule has 4 aromatic rings. The monoisotopic (exact) mass is 328 g/mol. The molecule has 0 amide bonds. The molecule has 122 valence electrons. The SMILES string of the molecule is Cc1cn2c3cc4c(cc3c(=O)nc2c2ccccc12)C1CCC4O1. The van der Waals surface area contributed by atoms with E-state index in [1.54, 1.807) is 0 Å². The summed E-state index contributed by atoms with van der Waals surface area (Å²) in [6, 6.07) is 12.3. The van der Waals surface area contributed by atoms with Crippen molar-refractivity contribution in [1.82, 2.24) is 9.38 Å². The van der Waals surface area contributed by atoms with Crippen LogP contribution in [0.4, 0.5) is 0 Å². The number of benzene rings is 2. The average Bonchev–Trinajstić information content (AvgIpc) is 3.24. The van der Waals surface area contributed by atoms with Gasteiger partial charge in [0.15, 0.2) is 0 Å². The van der Waals surface area contributed by atoms with E-state index in [1.165, 1.54) is 16.7 Å². The van der Waals surface area contributed by atoms with Gasteiger partial charge in [-0.1, -0.05) is 24.3 Å². The quantitative estimate of drug-likeness (QED) is 0.454. The molecule has 2 aromatic heterocycles. The molecule has 4 nitrogen and oxygen atoms in total. The first-order valence-electron chi connectivity index (χ1n) is 8.74. The molecule has 2 unspecified atom stereocenters. The molecule has 2 aliphatic heterocycles. The molecule has 6 rings (SSSR count). The lowest BCUT2D eigenvalue weighted by Gasteiger charge is -2.15. The van der Waals surface area contributed by atoms with Gasteiger partial charge in [0.25, 0.3) is 5.56 Å². The molecule has 1 saturated heterocycles. The zero-order valence-corrected chi connectivity index (χ0v) is 13.8. The highest BCUT2D eigenvalue weighted by atomic mass is 16.5. The Hall–Kier alpha value is -2.72. The maximum Gasteiger partial charge on any atom is 0.281 e. The van der Waals surface area contributed by atoms with Crippen LogP contribution in [0.2, 0.25) is 0 Å². The third-order valence-electron chi connectivity index (χ3n) is 5.76. The van der Waals surface area contributed by atoms with Crippen LogP contribution in [0.5, 0.6) is 0 Å². The Kier molecular flexibility index (Phi) is 2.42. The summed E-state index contributed by atoms with van der Waals surface area (Å²) in [5, 5.41) is 2.83. The van der Waals surface area contributed by atoms with Gasteiger partial charge in [0.1, 0.15) is 5.65 Å². The van der Waals surface area contributed by atoms with Gasteiger partial charge in [-0.3, -0.25) is 4.79 Å². The number of nitrogens with zero attached hydrogens (tertiary/aromatic N) is 2. The summed E-state index contributed by atoms with van der Waals surface area (Å²) in [5.41, 5.74) is 5.10. The molecular weight excluding hydrogens is 312 g/mol. The van der Waals surface area contributed by atoms with Crippen LogP contribution in [0.15, 0.2) is 47.4 Å². The van der Waals surface area contributed by atoms with Gasteiger partial charge in [0.2, 0.25) is 0 Å². The first kappa shape index (κ1) is 13.6. The highest BCUT2D eigenvalue weighted by molar-refractivity contribution is 5.98. The number of rotatable bonds is 0. The molecule has 4 heterocycles. The van der Waals surface area contributed by atoms with Crippen molar-refractivity contribution in [2.45, 2.75) is 32.0 Å². The second kappa shape index (κ2) is 4.46. The van der Waals surface area contributed by atoms with E-state index in [9.17, 15) is 4.79 Å². The van der Waals surface area contributed by atoms with Crippen molar-refractivity contribution in [1.29, 1.82) is 0 Å². The molecule has 1 fully saturated rings. The molecule has 0 N–H and O–H groups in total. The van der Waals surface area contributed by atoms with Crippen molar-refractivity contribution in [3.63, 3.8) is 0 Å². The Morgan fingerprint density at radius 3 is 2.56 bits per heavy atom. The summed E-state index contributed by atoms with van der Waals surface area (Å²) < 4.78 is 8.10. The maximum atomic E-state index is 12.8. The highest BCUT2D eigenvalue weighted by Gasteiger charge is 2.38. The summed E-state index contributed by atoms with van der Waals surface area (Å²) in [6.07, 6.45) is 4.55. The minimum Gasteiger partial charge on any atom is -0.366 e. The fraction of sp³-hybridized carbons (Fsp3) is 0.238. The lowest BCUT2D eigenvalue weighted by Crippen LogP contribution is -2.13. The predicted octanol–water partition coefficient (Wildman–Crippen LogP) is 4.22. The number of hydrogen-bond donors (Lipinski definition) is 0. The third kappa shape index (κ3) is 1.65. The van der Waals surface area contributed by atoms with Crippen LogP contribution in [0, 0.1) is 6.92 Å². The standard InChI is InChI=1S/C21H16N2O2/c1-11-10-23-17-9-15-14(18-6-7-19(15)25-18)8-16(17)21(24)22-20(23)13-5-3-2-4-12(11)13/h2-5,8-10,18-19H,6-7H2,1H3. The van der Waals surface area contributed by atoms with Gasteiger partial charge in [-0.15, -0.1) is 0 Å². The lowest BCUT2D eigenvalue weighted by atomic mass is 9.90. The van der Waals surface area contributed by atoms with E-state index in [1.807, 2.05) is 24.3 Å². The molecule has 0 aliphatic carbocycles. The summed E-state index contributed by atoms with van der Waals surface area (Å²) in [5.74, 6) is 0. The molecular formula is C21H16N2O2. The first-order chi connectivity index (χ1) is 12.2. The Balaban J connectivity index is 1.83. The van der Waals surface area contributed by atoms with E-state index in [2.05, 4.69) is 34.6 Å². The van der Waals surface area contributed by atoms with Crippen LogP contribution < -0.4 is 5.56 Å². The van der Waals surface area contributed by atoms with Crippen molar-refractivity contribution >= 4 is 27.3 Å². The Bertz CT molecular complexity index is 1270. The Labute approximate surface area is 143 Å². The second-order valence-electron chi connectivity index (χ2n) is 7.16. The predicted molar refractivity (Wildman–Crippen MR) is 97.0 cm³/mol. The molecule has 0 saturated carbocycles. The average molecular weight is 328 g/mol. The lowest BCUT2D eigenvalue weighted by molar-refractivity contribution is 0.0717. The zero-order valence-electron chi connectivity index (χ0n) is 13.8. The van der Waals surface area contributed by atoms with E-state index >= 15 is 0 Å². The van der Waals surface area contributed by atoms with Gasteiger partial charge in [-0.25, -0.2) is 0 Å².